The number of urea groups is 1. The van der Waals surface area contributed by atoms with E-state index in [4.69, 9.17) is 0 Å². The number of benzene rings is 1. The van der Waals surface area contributed by atoms with Gasteiger partial charge in [0, 0.05) is 24.8 Å². The number of hydrogen-bond donors (Lipinski definition) is 1. The summed E-state index contributed by atoms with van der Waals surface area (Å²) in [5.41, 5.74) is 3.38. The van der Waals surface area contributed by atoms with E-state index in [1.807, 2.05) is 6.07 Å². The maximum absolute atomic E-state index is 13.0. The third-order valence-corrected chi connectivity index (χ3v) is 6.26. The molecule has 1 aromatic rings. The van der Waals surface area contributed by atoms with Crippen molar-refractivity contribution >= 4 is 29.6 Å². The molecule has 6 heteroatoms. The number of nitrogens with zero attached hydrogens (tertiary/aromatic N) is 2. The first-order valence-electron chi connectivity index (χ1n) is 10.9. The Balaban J connectivity index is 1.57. The van der Waals surface area contributed by atoms with Gasteiger partial charge < -0.3 is 4.90 Å². The quantitative estimate of drug-likeness (QED) is 0.610. The average molecular weight is 396 g/mol. The van der Waals surface area contributed by atoms with E-state index in [0.29, 0.717) is 0 Å². The molecule has 4 amide bonds. The molecule has 0 aromatic heterocycles. The Morgan fingerprint density at radius 3 is 2.69 bits per heavy atom. The summed E-state index contributed by atoms with van der Waals surface area (Å²) in [6.07, 6.45) is 9.72. The van der Waals surface area contributed by atoms with Crippen molar-refractivity contribution in [3.8, 4) is 0 Å². The zero-order valence-electron chi connectivity index (χ0n) is 17.1. The van der Waals surface area contributed by atoms with Crippen LogP contribution in [0.4, 0.5) is 10.5 Å². The van der Waals surface area contributed by atoms with Crippen LogP contribution < -0.4 is 10.2 Å². The van der Waals surface area contributed by atoms with Crippen LogP contribution in [0.3, 0.4) is 0 Å². The fourth-order valence-electron chi connectivity index (χ4n) is 4.67. The van der Waals surface area contributed by atoms with Gasteiger partial charge in [0.05, 0.1) is 0 Å². The highest BCUT2D eigenvalue weighted by molar-refractivity contribution is 6.31. The molecule has 0 atom stereocenters. The van der Waals surface area contributed by atoms with Gasteiger partial charge in [-0.15, -0.1) is 0 Å². The van der Waals surface area contributed by atoms with Crippen molar-refractivity contribution in [3.05, 3.63) is 34.9 Å². The van der Waals surface area contributed by atoms with Crippen molar-refractivity contribution < 1.29 is 14.4 Å². The summed E-state index contributed by atoms with van der Waals surface area (Å²) in [7, 11) is 0. The van der Waals surface area contributed by atoms with E-state index in [1.54, 1.807) is 6.08 Å². The van der Waals surface area contributed by atoms with Crippen molar-refractivity contribution in [2.75, 3.05) is 18.0 Å². The Kier molecular flexibility index (Phi) is 5.69. The molecule has 29 heavy (non-hydrogen) atoms. The zero-order valence-corrected chi connectivity index (χ0v) is 17.1. The predicted molar refractivity (Wildman–Crippen MR) is 113 cm³/mol. The number of amides is 4. The molecule has 1 saturated heterocycles. The molecular formula is C23H29N3O3. The van der Waals surface area contributed by atoms with Crippen LogP contribution in [0.2, 0.25) is 0 Å². The maximum atomic E-state index is 13.0. The van der Waals surface area contributed by atoms with Crippen LogP contribution in [0.5, 0.6) is 0 Å². The summed E-state index contributed by atoms with van der Waals surface area (Å²) in [6.45, 7) is 4.27. The standard InChI is InChI=1S/C23H29N3O3/c1-2-3-12-25-13-11-17-14-16(9-10-20(17)25)15-19-21(27)24-23(29)26(22(19)28)18-7-5-4-6-8-18/h9-10,14-15,18H,2-8,11-13H2,1H3,(H,24,27,29)/b19-15+. The van der Waals surface area contributed by atoms with Gasteiger partial charge in [-0.3, -0.25) is 19.8 Å². The van der Waals surface area contributed by atoms with E-state index in [1.165, 1.54) is 29.0 Å². The number of carbonyl (C=O) groups excluding carboxylic acids is 3. The van der Waals surface area contributed by atoms with Crippen molar-refractivity contribution in [3.63, 3.8) is 0 Å². The second-order valence-electron chi connectivity index (χ2n) is 8.26. The lowest BCUT2D eigenvalue weighted by molar-refractivity contribution is -0.132. The molecule has 0 spiro atoms. The summed E-state index contributed by atoms with van der Waals surface area (Å²) in [4.78, 5) is 41.4. The van der Waals surface area contributed by atoms with E-state index in [9.17, 15) is 14.4 Å². The average Bonchev–Trinajstić information content (AvgIpc) is 3.12. The van der Waals surface area contributed by atoms with Crippen LogP contribution in [-0.4, -0.2) is 41.9 Å². The molecule has 1 saturated carbocycles. The molecule has 1 N–H and O–H groups in total. The molecule has 0 unspecified atom stereocenters. The highest BCUT2D eigenvalue weighted by atomic mass is 16.2. The Morgan fingerprint density at radius 1 is 1.14 bits per heavy atom. The van der Waals surface area contributed by atoms with E-state index >= 15 is 0 Å². The lowest BCUT2D eigenvalue weighted by Gasteiger charge is -2.35. The number of barbiturate groups is 1. The summed E-state index contributed by atoms with van der Waals surface area (Å²) < 4.78 is 0. The molecule has 154 valence electrons. The van der Waals surface area contributed by atoms with Gasteiger partial charge in [-0.1, -0.05) is 38.7 Å². The van der Waals surface area contributed by atoms with Crippen molar-refractivity contribution in [1.29, 1.82) is 0 Å². The normalized spacial score (nSPS) is 21.7. The van der Waals surface area contributed by atoms with Crippen LogP contribution in [0.25, 0.3) is 6.08 Å². The Hall–Kier alpha value is -2.63. The van der Waals surface area contributed by atoms with Crippen molar-refractivity contribution in [2.24, 2.45) is 0 Å². The largest absolute Gasteiger partial charge is 0.371 e. The molecule has 6 nitrogen and oxygen atoms in total. The number of carbonyl (C=O) groups is 3. The van der Waals surface area contributed by atoms with E-state index in [0.717, 1.165) is 57.2 Å². The van der Waals surface area contributed by atoms with E-state index < -0.39 is 17.8 Å². The van der Waals surface area contributed by atoms with Crippen molar-refractivity contribution in [1.82, 2.24) is 10.2 Å². The highest BCUT2D eigenvalue weighted by Crippen LogP contribution is 2.31. The molecule has 1 aromatic carbocycles. The first-order chi connectivity index (χ1) is 14.1. The third-order valence-electron chi connectivity index (χ3n) is 6.26. The molecule has 1 aliphatic carbocycles. The number of fused-ring (bicyclic) bond motifs is 1. The van der Waals surface area contributed by atoms with Gasteiger partial charge in [0.1, 0.15) is 5.57 Å². The Labute approximate surface area is 171 Å². The third kappa shape index (κ3) is 3.93. The summed E-state index contributed by atoms with van der Waals surface area (Å²) in [5.74, 6) is -1.06. The summed E-state index contributed by atoms with van der Waals surface area (Å²) >= 11 is 0. The van der Waals surface area contributed by atoms with Crippen LogP contribution in [0.15, 0.2) is 23.8 Å². The van der Waals surface area contributed by atoms with Crippen LogP contribution >= 0.6 is 0 Å². The fourth-order valence-corrected chi connectivity index (χ4v) is 4.67. The van der Waals surface area contributed by atoms with Crippen LogP contribution in [0.1, 0.15) is 63.0 Å². The summed E-state index contributed by atoms with van der Waals surface area (Å²) in [5, 5.41) is 2.36. The number of rotatable bonds is 5. The first kappa shape index (κ1) is 19.7. The van der Waals surface area contributed by atoms with E-state index in [-0.39, 0.29) is 11.6 Å². The topological polar surface area (TPSA) is 69.7 Å². The molecule has 0 radical (unpaired) electrons. The summed E-state index contributed by atoms with van der Waals surface area (Å²) in [6, 6.07) is 5.41. The van der Waals surface area contributed by atoms with Gasteiger partial charge in [0.2, 0.25) is 0 Å². The second-order valence-corrected chi connectivity index (χ2v) is 8.26. The van der Waals surface area contributed by atoms with Gasteiger partial charge >= 0.3 is 6.03 Å². The van der Waals surface area contributed by atoms with Gasteiger partial charge in [-0.05, 0) is 55.0 Å². The monoisotopic (exact) mass is 395 g/mol. The number of anilines is 1. The minimum Gasteiger partial charge on any atom is -0.371 e. The molecular weight excluding hydrogens is 366 g/mol. The number of unbranched alkanes of at least 4 members (excludes halogenated alkanes) is 1. The molecule has 2 aliphatic heterocycles. The smallest absolute Gasteiger partial charge is 0.331 e. The predicted octanol–water partition coefficient (Wildman–Crippen LogP) is 3.64. The SMILES string of the molecule is CCCCN1CCc2cc(/C=C3\C(=O)NC(=O)N(C4CCCCC4)C3=O)ccc21. The number of imide groups is 2. The molecule has 4 rings (SSSR count). The van der Waals surface area contributed by atoms with Gasteiger partial charge in [0.15, 0.2) is 0 Å². The number of hydrogen-bond acceptors (Lipinski definition) is 4. The zero-order chi connectivity index (χ0) is 20.4. The lowest BCUT2D eigenvalue weighted by atomic mass is 9.93. The molecule has 2 fully saturated rings. The van der Waals surface area contributed by atoms with Gasteiger partial charge in [-0.25, -0.2) is 4.79 Å². The first-order valence-corrected chi connectivity index (χ1v) is 10.9. The number of nitrogens with one attached hydrogen (secondary N) is 1. The van der Waals surface area contributed by atoms with Gasteiger partial charge in [0.25, 0.3) is 11.8 Å². The van der Waals surface area contributed by atoms with Crippen LogP contribution in [0, 0.1) is 0 Å². The van der Waals surface area contributed by atoms with E-state index in [2.05, 4.69) is 29.3 Å². The highest BCUT2D eigenvalue weighted by Gasteiger charge is 2.40. The Morgan fingerprint density at radius 2 is 1.93 bits per heavy atom. The molecule has 0 bridgehead atoms. The minimum absolute atomic E-state index is 0.0518. The lowest BCUT2D eigenvalue weighted by Crippen LogP contribution is -2.58. The van der Waals surface area contributed by atoms with Crippen molar-refractivity contribution in [2.45, 2.75) is 64.3 Å². The molecule has 2 heterocycles. The van der Waals surface area contributed by atoms with Gasteiger partial charge in [-0.2, -0.15) is 0 Å². The second kappa shape index (κ2) is 8.39. The molecule has 3 aliphatic rings. The Bertz CT molecular complexity index is 855. The fraction of sp³-hybridized carbons (Fsp3) is 0.522. The van der Waals surface area contributed by atoms with Crippen LogP contribution in [-0.2, 0) is 16.0 Å². The maximum Gasteiger partial charge on any atom is 0.331 e. The minimum atomic E-state index is -0.600.